The molecule has 27 heavy (non-hydrogen) atoms. The van der Waals surface area contributed by atoms with E-state index in [9.17, 15) is 9.59 Å². The first-order valence-electron chi connectivity index (χ1n) is 8.49. The van der Waals surface area contributed by atoms with E-state index >= 15 is 0 Å². The molecular weight excluding hydrogens is 340 g/mol. The first-order valence-corrected chi connectivity index (χ1v) is 8.49. The Labute approximate surface area is 158 Å². The summed E-state index contributed by atoms with van der Waals surface area (Å²) in [5.41, 5.74) is 3.12. The van der Waals surface area contributed by atoms with Crippen molar-refractivity contribution in [2.75, 3.05) is 17.7 Å². The summed E-state index contributed by atoms with van der Waals surface area (Å²) in [5, 5.41) is 5.65. The predicted molar refractivity (Wildman–Crippen MR) is 107 cm³/mol. The van der Waals surface area contributed by atoms with Gasteiger partial charge in [0.15, 0.2) is 0 Å². The van der Waals surface area contributed by atoms with Crippen molar-refractivity contribution in [1.82, 2.24) is 0 Å². The topological polar surface area (TPSA) is 67.4 Å². The van der Waals surface area contributed by atoms with Gasteiger partial charge in [0.25, 0.3) is 11.8 Å². The van der Waals surface area contributed by atoms with E-state index < -0.39 is 0 Å². The summed E-state index contributed by atoms with van der Waals surface area (Å²) in [4.78, 5) is 25.1. The Hall–Kier alpha value is -3.60. The Morgan fingerprint density at radius 2 is 1.44 bits per heavy atom. The zero-order valence-corrected chi connectivity index (χ0v) is 15.2. The number of para-hydroxylation sites is 1. The molecule has 0 bridgehead atoms. The minimum atomic E-state index is -0.298. The van der Waals surface area contributed by atoms with Crippen LogP contribution in [-0.2, 0) is 0 Å². The number of hydrogen-bond donors (Lipinski definition) is 2. The number of benzene rings is 3. The number of anilines is 2. The molecule has 0 aliphatic carbocycles. The molecule has 0 fully saturated rings. The fourth-order valence-electron chi connectivity index (χ4n) is 2.56. The highest BCUT2D eigenvalue weighted by Gasteiger charge is 2.14. The van der Waals surface area contributed by atoms with Gasteiger partial charge in [-0.25, -0.2) is 0 Å². The fraction of sp³-hybridized carbons (Fsp3) is 0.0909. The SMILES string of the molecule is COc1ccc(C(=O)Nc2ccccc2C(=O)Nc2ccc(C)cc2)cc1. The summed E-state index contributed by atoms with van der Waals surface area (Å²) in [6.45, 7) is 1.98. The molecule has 5 heteroatoms. The predicted octanol–water partition coefficient (Wildman–Crippen LogP) is 4.51. The summed E-state index contributed by atoms with van der Waals surface area (Å²) in [5.74, 6) is 0.0853. The maximum absolute atomic E-state index is 12.6. The van der Waals surface area contributed by atoms with Crippen LogP contribution in [0.5, 0.6) is 5.75 Å². The first kappa shape index (κ1) is 18.2. The number of nitrogens with one attached hydrogen (secondary N) is 2. The van der Waals surface area contributed by atoms with Crippen LogP contribution in [0.1, 0.15) is 26.3 Å². The van der Waals surface area contributed by atoms with Crippen LogP contribution in [0.15, 0.2) is 72.8 Å². The second kappa shape index (κ2) is 8.19. The van der Waals surface area contributed by atoms with Crippen molar-refractivity contribution in [3.05, 3.63) is 89.5 Å². The highest BCUT2D eigenvalue weighted by molar-refractivity contribution is 6.12. The molecule has 0 atom stereocenters. The quantitative estimate of drug-likeness (QED) is 0.703. The minimum Gasteiger partial charge on any atom is -0.497 e. The van der Waals surface area contributed by atoms with E-state index in [1.807, 2.05) is 31.2 Å². The van der Waals surface area contributed by atoms with Gasteiger partial charge in [0.1, 0.15) is 5.75 Å². The smallest absolute Gasteiger partial charge is 0.257 e. The Morgan fingerprint density at radius 3 is 2.11 bits per heavy atom. The van der Waals surface area contributed by atoms with Crippen LogP contribution in [0.25, 0.3) is 0 Å². The average Bonchev–Trinajstić information content (AvgIpc) is 2.70. The Morgan fingerprint density at radius 1 is 0.778 bits per heavy atom. The van der Waals surface area contributed by atoms with Crippen LogP contribution in [0, 0.1) is 6.92 Å². The van der Waals surface area contributed by atoms with E-state index in [2.05, 4.69) is 10.6 Å². The van der Waals surface area contributed by atoms with Crippen molar-refractivity contribution in [2.24, 2.45) is 0 Å². The van der Waals surface area contributed by atoms with Gasteiger partial charge < -0.3 is 15.4 Å². The lowest BCUT2D eigenvalue weighted by atomic mass is 10.1. The lowest BCUT2D eigenvalue weighted by molar-refractivity contribution is 0.102. The Kier molecular flexibility index (Phi) is 5.52. The van der Waals surface area contributed by atoms with E-state index in [4.69, 9.17) is 4.74 Å². The zero-order valence-electron chi connectivity index (χ0n) is 15.2. The lowest BCUT2D eigenvalue weighted by Gasteiger charge is -2.12. The summed E-state index contributed by atoms with van der Waals surface area (Å²) >= 11 is 0. The van der Waals surface area contributed by atoms with Crippen molar-refractivity contribution in [1.29, 1.82) is 0 Å². The van der Waals surface area contributed by atoms with Crippen molar-refractivity contribution in [3.8, 4) is 5.75 Å². The molecule has 0 aliphatic rings. The number of rotatable bonds is 5. The molecule has 136 valence electrons. The van der Waals surface area contributed by atoms with Gasteiger partial charge in [0, 0.05) is 11.3 Å². The van der Waals surface area contributed by atoms with Gasteiger partial charge in [0.2, 0.25) is 0 Å². The van der Waals surface area contributed by atoms with Crippen molar-refractivity contribution < 1.29 is 14.3 Å². The molecule has 0 aromatic heterocycles. The lowest BCUT2D eigenvalue weighted by Crippen LogP contribution is -2.18. The van der Waals surface area contributed by atoms with E-state index in [1.165, 1.54) is 0 Å². The third-order valence-electron chi connectivity index (χ3n) is 4.08. The van der Waals surface area contributed by atoms with Gasteiger partial charge in [-0.1, -0.05) is 29.8 Å². The number of methoxy groups -OCH3 is 1. The number of ether oxygens (including phenoxy) is 1. The van der Waals surface area contributed by atoms with Crippen LogP contribution >= 0.6 is 0 Å². The Bertz CT molecular complexity index is 948. The highest BCUT2D eigenvalue weighted by atomic mass is 16.5. The summed E-state index contributed by atoms with van der Waals surface area (Å²) < 4.78 is 5.10. The van der Waals surface area contributed by atoms with Crippen molar-refractivity contribution in [2.45, 2.75) is 6.92 Å². The van der Waals surface area contributed by atoms with Gasteiger partial charge in [-0.3, -0.25) is 9.59 Å². The molecule has 2 amide bonds. The van der Waals surface area contributed by atoms with Gasteiger partial charge in [0.05, 0.1) is 18.4 Å². The summed E-state index contributed by atoms with van der Waals surface area (Å²) in [6.07, 6.45) is 0. The number of carbonyl (C=O) groups is 2. The largest absolute Gasteiger partial charge is 0.497 e. The number of aryl methyl sites for hydroxylation is 1. The van der Waals surface area contributed by atoms with Crippen LogP contribution in [0.2, 0.25) is 0 Å². The van der Waals surface area contributed by atoms with Gasteiger partial charge in [-0.05, 0) is 55.5 Å². The standard InChI is InChI=1S/C22H20N2O3/c1-15-7-11-17(12-8-15)23-22(26)19-5-3-4-6-20(19)24-21(25)16-9-13-18(27-2)14-10-16/h3-14H,1-2H3,(H,23,26)(H,24,25). The molecule has 0 radical (unpaired) electrons. The molecule has 0 spiro atoms. The molecule has 5 nitrogen and oxygen atoms in total. The molecular formula is C22H20N2O3. The molecule has 3 aromatic rings. The third-order valence-corrected chi connectivity index (χ3v) is 4.08. The zero-order chi connectivity index (χ0) is 19.2. The Balaban J connectivity index is 1.77. The van der Waals surface area contributed by atoms with E-state index in [0.29, 0.717) is 28.3 Å². The normalized spacial score (nSPS) is 10.1. The van der Waals surface area contributed by atoms with Crippen LogP contribution in [0.3, 0.4) is 0 Å². The van der Waals surface area contributed by atoms with Gasteiger partial charge >= 0.3 is 0 Å². The molecule has 0 unspecified atom stereocenters. The first-order chi connectivity index (χ1) is 13.1. The highest BCUT2D eigenvalue weighted by Crippen LogP contribution is 2.19. The van der Waals surface area contributed by atoms with E-state index in [1.54, 1.807) is 55.6 Å². The summed E-state index contributed by atoms with van der Waals surface area (Å²) in [6, 6.07) is 21.2. The third kappa shape index (κ3) is 4.52. The number of hydrogen-bond acceptors (Lipinski definition) is 3. The van der Waals surface area contributed by atoms with Crippen LogP contribution < -0.4 is 15.4 Å². The monoisotopic (exact) mass is 360 g/mol. The van der Waals surface area contributed by atoms with Gasteiger partial charge in [-0.2, -0.15) is 0 Å². The summed E-state index contributed by atoms with van der Waals surface area (Å²) in [7, 11) is 1.57. The molecule has 0 aliphatic heterocycles. The maximum atomic E-state index is 12.6. The van der Waals surface area contributed by atoms with E-state index in [-0.39, 0.29) is 11.8 Å². The number of carbonyl (C=O) groups excluding carboxylic acids is 2. The molecule has 3 aromatic carbocycles. The molecule has 0 saturated carbocycles. The molecule has 0 heterocycles. The van der Waals surface area contributed by atoms with Crippen LogP contribution in [0.4, 0.5) is 11.4 Å². The second-order valence-electron chi connectivity index (χ2n) is 6.05. The molecule has 0 saturated heterocycles. The minimum absolute atomic E-state index is 0.288. The van der Waals surface area contributed by atoms with Gasteiger partial charge in [-0.15, -0.1) is 0 Å². The molecule has 3 rings (SSSR count). The molecule has 2 N–H and O–H groups in total. The fourth-order valence-corrected chi connectivity index (χ4v) is 2.56. The van der Waals surface area contributed by atoms with E-state index in [0.717, 1.165) is 5.56 Å². The maximum Gasteiger partial charge on any atom is 0.257 e. The van der Waals surface area contributed by atoms with Crippen molar-refractivity contribution in [3.63, 3.8) is 0 Å². The van der Waals surface area contributed by atoms with Crippen LogP contribution in [-0.4, -0.2) is 18.9 Å². The average molecular weight is 360 g/mol. The number of amides is 2. The van der Waals surface area contributed by atoms with Crippen molar-refractivity contribution >= 4 is 23.2 Å². The second-order valence-corrected chi connectivity index (χ2v) is 6.05.